The molecule has 0 saturated carbocycles. The third-order valence-electron chi connectivity index (χ3n) is 3.56. The maximum atomic E-state index is 11.0. The molecule has 0 aliphatic carbocycles. The molecule has 1 aromatic rings. The van der Waals surface area contributed by atoms with Crippen LogP contribution >= 0.6 is 0 Å². The smallest absolute Gasteiger partial charge is 0.323 e. The van der Waals surface area contributed by atoms with Gasteiger partial charge >= 0.3 is 5.97 Å². The molecule has 3 N–H and O–H groups in total. The van der Waals surface area contributed by atoms with E-state index >= 15 is 0 Å². The Hall–Kier alpha value is -1.83. The summed E-state index contributed by atoms with van der Waals surface area (Å²) in [4.78, 5) is 12.8. The number of aliphatic hydroxyl groups excluding tert-OH is 1. The Morgan fingerprint density at radius 1 is 1.35 bits per heavy atom. The molecule has 0 amide bonds. The summed E-state index contributed by atoms with van der Waals surface area (Å²) >= 11 is 0. The van der Waals surface area contributed by atoms with Gasteiger partial charge in [0.2, 0.25) is 0 Å². The minimum Gasteiger partial charge on any atom is -0.490 e. The van der Waals surface area contributed by atoms with Gasteiger partial charge in [0, 0.05) is 6.54 Å². The number of carboxylic acid groups (broad SMARTS) is 1. The summed E-state index contributed by atoms with van der Waals surface area (Å²) < 4.78 is 10.8. The first kappa shape index (κ1) is 17.5. The van der Waals surface area contributed by atoms with Gasteiger partial charge < -0.3 is 29.9 Å². The van der Waals surface area contributed by atoms with Crippen molar-refractivity contribution in [3.05, 3.63) is 23.8 Å². The molecule has 1 heterocycles. The van der Waals surface area contributed by atoms with Crippen LogP contribution < -0.4 is 15.0 Å². The number of benzene rings is 1. The monoisotopic (exact) mass is 324 g/mol. The fourth-order valence-electron chi connectivity index (χ4n) is 2.47. The standard InChI is InChI=1S/C16H24N2O5/c19-7-10-22-8-5-17-4-3-13-1-2-15-14(11-13)18(6-9-23-15)12-16(20)21/h1-2,11,17,19H,3-10,12H2,(H,20,21). The van der Waals surface area contributed by atoms with E-state index in [1.54, 1.807) is 0 Å². The lowest BCUT2D eigenvalue weighted by molar-refractivity contribution is -0.135. The highest BCUT2D eigenvalue weighted by Gasteiger charge is 2.20. The van der Waals surface area contributed by atoms with E-state index in [4.69, 9.17) is 19.7 Å². The molecular weight excluding hydrogens is 300 g/mol. The highest BCUT2D eigenvalue weighted by atomic mass is 16.5. The zero-order valence-electron chi connectivity index (χ0n) is 13.2. The van der Waals surface area contributed by atoms with Crippen molar-refractivity contribution in [2.75, 3.05) is 57.5 Å². The van der Waals surface area contributed by atoms with Crippen molar-refractivity contribution in [2.45, 2.75) is 6.42 Å². The SMILES string of the molecule is O=C(O)CN1CCOc2ccc(CCNCCOCCO)cc21. The van der Waals surface area contributed by atoms with Crippen molar-refractivity contribution in [1.29, 1.82) is 0 Å². The van der Waals surface area contributed by atoms with Gasteiger partial charge in [-0.05, 0) is 30.7 Å². The molecule has 7 heteroatoms. The molecule has 0 bridgehead atoms. The molecule has 0 unspecified atom stereocenters. The van der Waals surface area contributed by atoms with Gasteiger partial charge in [0.15, 0.2) is 0 Å². The maximum absolute atomic E-state index is 11.0. The van der Waals surface area contributed by atoms with Crippen LogP contribution in [0.5, 0.6) is 5.75 Å². The van der Waals surface area contributed by atoms with Gasteiger partial charge in [-0.2, -0.15) is 0 Å². The number of anilines is 1. The molecular formula is C16H24N2O5. The molecule has 0 spiro atoms. The molecule has 0 atom stereocenters. The van der Waals surface area contributed by atoms with Gasteiger partial charge in [0.25, 0.3) is 0 Å². The Morgan fingerprint density at radius 2 is 2.22 bits per heavy atom. The summed E-state index contributed by atoms with van der Waals surface area (Å²) in [5.41, 5.74) is 1.98. The maximum Gasteiger partial charge on any atom is 0.323 e. The highest BCUT2D eigenvalue weighted by Crippen LogP contribution is 2.32. The molecule has 1 aliphatic heterocycles. The van der Waals surface area contributed by atoms with Crippen LogP contribution in [0, 0.1) is 0 Å². The molecule has 1 aliphatic rings. The van der Waals surface area contributed by atoms with Crippen LogP contribution in [0.15, 0.2) is 18.2 Å². The fraction of sp³-hybridized carbons (Fsp3) is 0.562. The Labute approximate surface area is 135 Å². The van der Waals surface area contributed by atoms with Gasteiger partial charge in [-0.25, -0.2) is 0 Å². The van der Waals surface area contributed by atoms with Crippen LogP contribution in [0.4, 0.5) is 5.69 Å². The lowest BCUT2D eigenvalue weighted by Crippen LogP contribution is -2.36. The number of aliphatic hydroxyl groups is 1. The molecule has 23 heavy (non-hydrogen) atoms. The van der Waals surface area contributed by atoms with Crippen molar-refractivity contribution >= 4 is 11.7 Å². The van der Waals surface area contributed by atoms with Gasteiger partial charge in [-0.15, -0.1) is 0 Å². The minimum absolute atomic E-state index is 0.0136. The first-order chi connectivity index (χ1) is 11.2. The van der Waals surface area contributed by atoms with E-state index in [2.05, 4.69) is 5.32 Å². The lowest BCUT2D eigenvalue weighted by atomic mass is 10.1. The average molecular weight is 324 g/mol. The van der Waals surface area contributed by atoms with Gasteiger partial charge in [0.05, 0.1) is 32.1 Å². The zero-order valence-corrected chi connectivity index (χ0v) is 13.2. The number of nitrogens with one attached hydrogen (secondary N) is 1. The average Bonchev–Trinajstić information content (AvgIpc) is 2.54. The van der Waals surface area contributed by atoms with Crippen molar-refractivity contribution in [1.82, 2.24) is 5.32 Å². The molecule has 0 saturated heterocycles. The molecule has 7 nitrogen and oxygen atoms in total. The molecule has 0 aromatic heterocycles. The Morgan fingerprint density at radius 3 is 3.00 bits per heavy atom. The largest absolute Gasteiger partial charge is 0.490 e. The number of aliphatic carboxylic acids is 1. The second kappa shape index (κ2) is 9.34. The number of rotatable bonds is 10. The van der Waals surface area contributed by atoms with Crippen molar-refractivity contribution < 1.29 is 24.5 Å². The number of carbonyl (C=O) groups is 1. The van der Waals surface area contributed by atoms with E-state index in [1.165, 1.54) is 0 Å². The number of hydrogen-bond acceptors (Lipinski definition) is 6. The number of ether oxygens (including phenoxy) is 2. The third kappa shape index (κ3) is 5.70. The van der Waals surface area contributed by atoms with Crippen LogP contribution in [0.2, 0.25) is 0 Å². The van der Waals surface area contributed by atoms with Gasteiger partial charge in [0.1, 0.15) is 18.9 Å². The minimum atomic E-state index is -0.840. The third-order valence-corrected chi connectivity index (χ3v) is 3.56. The number of nitrogens with zero attached hydrogens (tertiary/aromatic N) is 1. The van der Waals surface area contributed by atoms with E-state index < -0.39 is 5.97 Å². The lowest BCUT2D eigenvalue weighted by Gasteiger charge is -2.30. The summed E-state index contributed by atoms with van der Waals surface area (Å²) in [5.74, 6) is -0.0978. The Bertz CT molecular complexity index is 509. The van der Waals surface area contributed by atoms with Crippen LogP contribution in [-0.4, -0.2) is 68.8 Å². The quantitative estimate of drug-likeness (QED) is 0.526. The normalized spacial score (nSPS) is 13.5. The summed E-state index contributed by atoms with van der Waals surface area (Å²) in [6, 6.07) is 5.91. The summed E-state index contributed by atoms with van der Waals surface area (Å²) in [6.45, 7) is 3.61. The second-order valence-corrected chi connectivity index (χ2v) is 5.30. The van der Waals surface area contributed by atoms with E-state index in [0.717, 1.165) is 36.5 Å². The first-order valence-corrected chi connectivity index (χ1v) is 7.82. The van der Waals surface area contributed by atoms with E-state index in [-0.39, 0.29) is 13.2 Å². The molecule has 128 valence electrons. The van der Waals surface area contributed by atoms with Gasteiger partial charge in [-0.3, -0.25) is 4.79 Å². The van der Waals surface area contributed by atoms with Crippen LogP contribution in [0.3, 0.4) is 0 Å². The predicted octanol–water partition coefficient (Wildman–Crippen LogP) is 0.111. The van der Waals surface area contributed by atoms with E-state index in [1.807, 2.05) is 23.1 Å². The van der Waals surface area contributed by atoms with E-state index in [0.29, 0.717) is 26.4 Å². The van der Waals surface area contributed by atoms with Gasteiger partial charge in [-0.1, -0.05) is 6.07 Å². The summed E-state index contributed by atoms with van der Waals surface area (Å²) in [6.07, 6.45) is 0.841. The van der Waals surface area contributed by atoms with Crippen molar-refractivity contribution in [2.24, 2.45) is 0 Å². The summed E-state index contributed by atoms with van der Waals surface area (Å²) in [5, 5.41) is 20.9. The fourth-order valence-corrected chi connectivity index (χ4v) is 2.47. The number of carboxylic acids is 1. The first-order valence-electron chi connectivity index (χ1n) is 7.82. The Balaban J connectivity index is 1.83. The van der Waals surface area contributed by atoms with E-state index in [9.17, 15) is 4.79 Å². The number of fused-ring (bicyclic) bond motifs is 1. The van der Waals surface area contributed by atoms with Crippen LogP contribution in [-0.2, 0) is 16.0 Å². The number of hydrogen-bond donors (Lipinski definition) is 3. The zero-order chi connectivity index (χ0) is 16.5. The van der Waals surface area contributed by atoms with Crippen LogP contribution in [0.1, 0.15) is 5.56 Å². The summed E-state index contributed by atoms with van der Waals surface area (Å²) in [7, 11) is 0. The highest BCUT2D eigenvalue weighted by molar-refractivity contribution is 5.75. The van der Waals surface area contributed by atoms with Crippen molar-refractivity contribution in [3.8, 4) is 5.75 Å². The predicted molar refractivity (Wildman–Crippen MR) is 86.3 cm³/mol. The molecule has 2 rings (SSSR count). The molecule has 0 radical (unpaired) electrons. The molecule has 1 aromatic carbocycles. The molecule has 0 fully saturated rings. The van der Waals surface area contributed by atoms with Crippen molar-refractivity contribution in [3.63, 3.8) is 0 Å². The van der Waals surface area contributed by atoms with Crippen LogP contribution in [0.25, 0.3) is 0 Å². The second-order valence-electron chi connectivity index (χ2n) is 5.30. The Kier molecular flexibility index (Phi) is 7.12. The topological polar surface area (TPSA) is 91.3 Å².